The molecule has 0 radical (unpaired) electrons. The number of para-hydroxylation sites is 1. The van der Waals surface area contributed by atoms with Crippen molar-refractivity contribution in [1.29, 1.82) is 0 Å². The van der Waals surface area contributed by atoms with E-state index in [1.54, 1.807) is 0 Å². The highest BCUT2D eigenvalue weighted by atomic mass is 32.1. The fraction of sp³-hybridized carbons (Fsp3) is 0.0556. The summed E-state index contributed by atoms with van der Waals surface area (Å²) in [5.74, 6) is 0. The normalized spacial score (nSPS) is 11.2. The number of pyridine rings is 2. The second-order valence-electron chi connectivity index (χ2n) is 9.92. The number of benzene rings is 4. The molecule has 4 aromatic carbocycles. The maximum Gasteiger partial charge on any atom is 0.0719 e. The quantitative estimate of drug-likeness (QED) is 0.220. The molecule has 0 N–H and O–H groups in total. The predicted octanol–water partition coefficient (Wildman–Crippen LogP) is 10.3. The summed E-state index contributed by atoms with van der Waals surface area (Å²) in [7, 11) is 0. The van der Waals surface area contributed by atoms with Gasteiger partial charge in [-0.25, -0.2) is 0 Å². The highest BCUT2D eigenvalue weighted by Gasteiger charge is 2.24. The van der Waals surface area contributed by atoms with E-state index in [1.807, 2.05) is 41.9 Å². The van der Waals surface area contributed by atoms with Crippen LogP contribution < -0.4 is 4.90 Å². The lowest BCUT2D eigenvalue weighted by Gasteiger charge is -2.30. The molecule has 0 amide bonds. The third kappa shape index (κ3) is 4.05. The number of hydrogen-bond acceptors (Lipinski definition) is 4. The third-order valence-electron chi connectivity index (χ3n) is 7.56. The van der Waals surface area contributed by atoms with Gasteiger partial charge in [0, 0.05) is 55.1 Å². The van der Waals surface area contributed by atoms with Crippen molar-refractivity contribution < 1.29 is 0 Å². The Kier molecular flexibility index (Phi) is 6.10. The molecular weight excluding hydrogens is 506 g/mol. The van der Waals surface area contributed by atoms with Crippen molar-refractivity contribution >= 4 is 48.6 Å². The highest BCUT2D eigenvalue weighted by molar-refractivity contribution is 7.26. The summed E-state index contributed by atoms with van der Waals surface area (Å²) < 4.78 is 2.55. The molecule has 0 unspecified atom stereocenters. The standard InChI is InChI=1S/C36H27N3S/c1-24-27(30-17-8-10-21-37-30)16-12-19-32(24)39(26-13-4-3-5-14-26)33-23-29-28-15-6-7-20-34(28)40-36(29)35(25(33)2)31-18-9-11-22-38-31/h3-23H,1-2H3. The molecule has 192 valence electrons. The zero-order valence-corrected chi connectivity index (χ0v) is 23.2. The minimum Gasteiger partial charge on any atom is -0.310 e. The van der Waals surface area contributed by atoms with E-state index in [0.717, 1.165) is 34.0 Å². The Labute approximate surface area is 238 Å². The smallest absolute Gasteiger partial charge is 0.0719 e. The minimum absolute atomic E-state index is 0.972. The average Bonchev–Trinajstić information content (AvgIpc) is 3.38. The molecule has 3 heterocycles. The zero-order valence-electron chi connectivity index (χ0n) is 22.4. The molecule has 7 rings (SSSR count). The van der Waals surface area contributed by atoms with E-state index < -0.39 is 0 Å². The Morgan fingerprint density at radius 1 is 0.575 bits per heavy atom. The first-order valence-electron chi connectivity index (χ1n) is 13.4. The lowest BCUT2D eigenvalue weighted by molar-refractivity contribution is 1.22. The molecule has 7 aromatic rings. The van der Waals surface area contributed by atoms with Gasteiger partial charge in [-0.05, 0) is 79.6 Å². The fourth-order valence-electron chi connectivity index (χ4n) is 5.64. The molecule has 0 aliphatic rings. The lowest BCUT2D eigenvalue weighted by Crippen LogP contribution is -2.13. The number of aromatic nitrogens is 2. The van der Waals surface area contributed by atoms with E-state index >= 15 is 0 Å². The molecular formula is C36H27N3S. The molecule has 0 atom stereocenters. The van der Waals surface area contributed by atoms with E-state index in [2.05, 4.69) is 121 Å². The van der Waals surface area contributed by atoms with Crippen LogP contribution in [-0.4, -0.2) is 9.97 Å². The van der Waals surface area contributed by atoms with Crippen LogP contribution in [0.2, 0.25) is 0 Å². The Balaban J connectivity index is 1.57. The first-order valence-corrected chi connectivity index (χ1v) is 14.2. The summed E-state index contributed by atoms with van der Waals surface area (Å²) in [5, 5.41) is 2.52. The van der Waals surface area contributed by atoms with Gasteiger partial charge >= 0.3 is 0 Å². The predicted molar refractivity (Wildman–Crippen MR) is 170 cm³/mol. The number of nitrogens with zero attached hydrogens (tertiary/aromatic N) is 3. The molecule has 0 fully saturated rings. The summed E-state index contributed by atoms with van der Waals surface area (Å²) in [6.45, 7) is 4.43. The first-order chi connectivity index (χ1) is 19.7. The Morgan fingerprint density at radius 3 is 2.02 bits per heavy atom. The monoisotopic (exact) mass is 533 g/mol. The summed E-state index contributed by atoms with van der Waals surface area (Å²) in [6.07, 6.45) is 3.74. The van der Waals surface area contributed by atoms with Gasteiger partial charge in [0.15, 0.2) is 0 Å². The maximum absolute atomic E-state index is 4.83. The Hall–Kier alpha value is -4.80. The van der Waals surface area contributed by atoms with Gasteiger partial charge in [0.2, 0.25) is 0 Å². The Morgan fingerprint density at radius 2 is 1.27 bits per heavy atom. The number of anilines is 3. The van der Waals surface area contributed by atoms with E-state index in [4.69, 9.17) is 4.98 Å². The van der Waals surface area contributed by atoms with Gasteiger partial charge in [-0.1, -0.05) is 60.7 Å². The van der Waals surface area contributed by atoms with Crippen molar-refractivity contribution in [3.8, 4) is 22.5 Å². The van der Waals surface area contributed by atoms with Crippen molar-refractivity contribution in [2.75, 3.05) is 4.90 Å². The third-order valence-corrected chi connectivity index (χ3v) is 8.77. The van der Waals surface area contributed by atoms with Crippen LogP contribution >= 0.6 is 11.3 Å². The van der Waals surface area contributed by atoms with Crippen LogP contribution in [0, 0.1) is 13.8 Å². The van der Waals surface area contributed by atoms with Crippen molar-refractivity contribution in [3.63, 3.8) is 0 Å². The number of hydrogen-bond donors (Lipinski definition) is 0. The van der Waals surface area contributed by atoms with Crippen LogP contribution in [0.15, 0.2) is 128 Å². The molecule has 40 heavy (non-hydrogen) atoms. The van der Waals surface area contributed by atoms with E-state index in [0.29, 0.717) is 0 Å². The summed E-state index contributed by atoms with van der Waals surface area (Å²) in [4.78, 5) is 11.9. The van der Waals surface area contributed by atoms with E-state index in [9.17, 15) is 0 Å². The van der Waals surface area contributed by atoms with Crippen molar-refractivity contribution in [3.05, 3.63) is 139 Å². The van der Waals surface area contributed by atoms with Gasteiger partial charge in [0.25, 0.3) is 0 Å². The van der Waals surface area contributed by atoms with E-state index in [1.165, 1.54) is 36.9 Å². The highest BCUT2D eigenvalue weighted by Crippen LogP contribution is 2.48. The molecule has 3 aromatic heterocycles. The van der Waals surface area contributed by atoms with Gasteiger partial charge in [-0.2, -0.15) is 0 Å². The van der Waals surface area contributed by atoms with Crippen molar-refractivity contribution in [2.24, 2.45) is 0 Å². The van der Waals surface area contributed by atoms with Gasteiger partial charge in [0.1, 0.15) is 0 Å². The number of fused-ring (bicyclic) bond motifs is 3. The fourth-order valence-corrected chi connectivity index (χ4v) is 6.93. The summed E-state index contributed by atoms with van der Waals surface area (Å²) in [6, 6.07) is 40.5. The van der Waals surface area contributed by atoms with Gasteiger partial charge in [-0.3, -0.25) is 9.97 Å². The summed E-state index contributed by atoms with van der Waals surface area (Å²) >= 11 is 1.85. The first kappa shape index (κ1) is 24.3. The van der Waals surface area contributed by atoms with Crippen LogP contribution in [-0.2, 0) is 0 Å². The second kappa shape index (κ2) is 10.1. The second-order valence-corrected chi connectivity index (χ2v) is 11.0. The van der Waals surface area contributed by atoms with Crippen LogP contribution in [0.3, 0.4) is 0 Å². The maximum atomic E-state index is 4.83. The molecule has 4 heteroatoms. The van der Waals surface area contributed by atoms with Crippen LogP contribution in [0.5, 0.6) is 0 Å². The lowest BCUT2D eigenvalue weighted by atomic mass is 9.96. The molecule has 0 saturated heterocycles. The molecule has 0 bridgehead atoms. The topological polar surface area (TPSA) is 29.0 Å². The van der Waals surface area contributed by atoms with Gasteiger partial charge in [-0.15, -0.1) is 11.3 Å². The van der Waals surface area contributed by atoms with Crippen LogP contribution in [0.25, 0.3) is 42.7 Å². The average molecular weight is 534 g/mol. The van der Waals surface area contributed by atoms with Crippen LogP contribution in [0.4, 0.5) is 17.1 Å². The number of rotatable bonds is 5. The van der Waals surface area contributed by atoms with Gasteiger partial charge in [0.05, 0.1) is 17.1 Å². The minimum atomic E-state index is 0.972. The summed E-state index contributed by atoms with van der Waals surface area (Å²) in [5.41, 5.74) is 10.0. The molecule has 0 saturated carbocycles. The SMILES string of the molecule is Cc1c(-c2ccccn2)cccc1N(c1ccccc1)c1cc2c(sc3ccccc32)c(-c2ccccn2)c1C. The van der Waals surface area contributed by atoms with Crippen molar-refractivity contribution in [1.82, 2.24) is 9.97 Å². The molecule has 0 aliphatic carbocycles. The molecule has 0 spiro atoms. The molecule has 3 nitrogen and oxygen atoms in total. The van der Waals surface area contributed by atoms with Gasteiger partial charge < -0.3 is 4.90 Å². The molecule has 0 aliphatic heterocycles. The van der Waals surface area contributed by atoms with E-state index in [-0.39, 0.29) is 0 Å². The van der Waals surface area contributed by atoms with Crippen LogP contribution in [0.1, 0.15) is 11.1 Å². The largest absolute Gasteiger partial charge is 0.310 e. The number of thiophene rings is 1. The van der Waals surface area contributed by atoms with Crippen molar-refractivity contribution in [2.45, 2.75) is 13.8 Å². The zero-order chi connectivity index (χ0) is 27.1. The Bertz CT molecular complexity index is 1960.